The molecule has 0 aromatic heterocycles. The number of alkyl halides is 1. The first-order chi connectivity index (χ1) is 13.4. The van der Waals surface area contributed by atoms with E-state index in [9.17, 15) is 14.7 Å². The lowest BCUT2D eigenvalue weighted by Gasteiger charge is -2.35. The van der Waals surface area contributed by atoms with Crippen LogP contribution in [0.15, 0.2) is 30.3 Å². The molecule has 1 N–H and O–H groups in total. The zero-order valence-corrected chi connectivity index (χ0v) is 21.4. The van der Waals surface area contributed by atoms with Crippen LogP contribution in [0.2, 0.25) is 0 Å². The second-order valence-corrected chi connectivity index (χ2v) is 20.5. The Bertz CT molecular complexity index is 705. The van der Waals surface area contributed by atoms with Gasteiger partial charge in [-0.05, 0) is 12.5 Å². The Hall–Kier alpha value is -0.400. The van der Waals surface area contributed by atoms with Crippen LogP contribution in [0.3, 0.4) is 0 Å². The summed E-state index contributed by atoms with van der Waals surface area (Å²) in [6, 6.07) is 8.02. The molecule has 2 atom stereocenters. The van der Waals surface area contributed by atoms with Crippen molar-refractivity contribution in [2.45, 2.75) is 63.1 Å². The number of ether oxygens (including phenoxy) is 1. The number of halogens is 1. The molecular formula is C19H29ClNO4PS3. The number of rotatable bonds is 11. The van der Waals surface area contributed by atoms with E-state index in [-0.39, 0.29) is 23.4 Å². The highest BCUT2D eigenvalue weighted by Crippen LogP contribution is 2.72. The maximum absolute atomic E-state index is 13.0. The van der Waals surface area contributed by atoms with Gasteiger partial charge >= 0.3 is 12.1 Å². The lowest BCUT2D eigenvalue weighted by Crippen LogP contribution is -2.49. The monoisotopic (exact) mass is 497 g/mol. The maximum Gasteiger partial charge on any atom is 0.411 e. The molecule has 0 fully saturated rings. The summed E-state index contributed by atoms with van der Waals surface area (Å²) < 4.78 is 3.24. The number of carbonyl (C=O) groups excluding carboxylic acids is 1. The molecule has 164 valence electrons. The molecule has 0 heterocycles. The van der Waals surface area contributed by atoms with Crippen LogP contribution in [-0.4, -0.2) is 50.3 Å². The molecule has 5 nitrogen and oxygen atoms in total. The van der Waals surface area contributed by atoms with Crippen molar-refractivity contribution in [3.05, 3.63) is 35.9 Å². The first-order valence-corrected chi connectivity index (χ1v) is 15.6. The number of carbonyl (C=O) groups is 2. The summed E-state index contributed by atoms with van der Waals surface area (Å²) in [7, 11) is 0. The molecule has 0 aliphatic rings. The van der Waals surface area contributed by atoms with Crippen molar-refractivity contribution in [2.24, 2.45) is 0 Å². The Labute approximate surface area is 191 Å². The third-order valence-corrected chi connectivity index (χ3v) is 14.5. The number of amides is 1. The molecule has 1 aromatic carbocycles. The fourth-order valence-electron chi connectivity index (χ4n) is 2.56. The van der Waals surface area contributed by atoms with Crippen molar-refractivity contribution < 1.29 is 19.4 Å². The highest BCUT2D eigenvalue weighted by atomic mass is 35.5. The fourth-order valence-corrected chi connectivity index (χ4v) is 17.1. The Balaban J connectivity index is 3.15. The second-order valence-electron chi connectivity index (χ2n) is 7.03. The highest BCUT2D eigenvalue weighted by Gasteiger charge is 2.38. The number of hydrogen-bond acceptors (Lipinski definition) is 6. The minimum Gasteiger partial charge on any atom is -0.480 e. The molecule has 0 radical (unpaired) electrons. The minimum absolute atomic E-state index is 0.0523. The summed E-state index contributed by atoms with van der Waals surface area (Å²) >= 11 is 15.4. The van der Waals surface area contributed by atoms with E-state index < -0.39 is 27.9 Å². The van der Waals surface area contributed by atoms with Gasteiger partial charge in [-0.3, -0.25) is 4.90 Å². The summed E-state index contributed by atoms with van der Waals surface area (Å²) in [4.78, 5) is 26.1. The normalized spacial score (nSPS) is 13.9. The number of carboxylic acid groups (broad SMARTS) is 1. The SMILES string of the molecule is CC(C)SP(=S)(CN(C(=O)OCc1ccccc1)C(C(=O)O)C(C)Cl)SC(C)C. The number of aliphatic carboxylic acids is 1. The van der Waals surface area contributed by atoms with E-state index in [0.29, 0.717) is 0 Å². The van der Waals surface area contributed by atoms with Gasteiger partial charge < -0.3 is 9.84 Å². The highest BCUT2D eigenvalue weighted by molar-refractivity contribution is 9.00. The lowest BCUT2D eigenvalue weighted by atomic mass is 10.2. The van der Waals surface area contributed by atoms with Gasteiger partial charge in [-0.1, -0.05) is 69.8 Å². The quantitative estimate of drug-likeness (QED) is 0.286. The number of carboxylic acids is 1. The number of nitrogens with zero attached hydrogens (tertiary/aromatic N) is 1. The standard InChI is InChI=1S/C19H29ClNO4PS3/c1-13(2)28-26(27,29-14(3)4)12-21(17(15(5)20)18(22)23)19(24)25-11-16-9-7-6-8-10-16/h6-10,13-15,17H,11-12H2,1-5H3,(H,22,23). The molecule has 10 heteroatoms. The van der Waals surface area contributed by atoms with Crippen molar-refractivity contribution in [2.75, 3.05) is 6.29 Å². The van der Waals surface area contributed by atoms with Crippen LogP contribution in [-0.2, 0) is 27.9 Å². The Morgan fingerprint density at radius 2 is 1.66 bits per heavy atom. The van der Waals surface area contributed by atoms with Gasteiger partial charge in [0.05, 0.1) is 16.1 Å². The second kappa shape index (κ2) is 12.5. The van der Waals surface area contributed by atoms with Gasteiger partial charge in [0.25, 0.3) is 0 Å². The van der Waals surface area contributed by atoms with Crippen molar-refractivity contribution in [1.29, 1.82) is 0 Å². The predicted octanol–water partition coefficient (Wildman–Crippen LogP) is 6.26. The van der Waals surface area contributed by atoms with E-state index in [4.69, 9.17) is 28.1 Å². The van der Waals surface area contributed by atoms with Gasteiger partial charge in [-0.25, -0.2) is 9.59 Å². The Morgan fingerprint density at radius 1 is 1.14 bits per heavy atom. The summed E-state index contributed by atoms with van der Waals surface area (Å²) in [5.74, 6) is -1.17. The van der Waals surface area contributed by atoms with Gasteiger partial charge in [-0.2, -0.15) is 0 Å². The zero-order chi connectivity index (χ0) is 22.2. The van der Waals surface area contributed by atoms with Gasteiger partial charge in [0.15, 0.2) is 0 Å². The van der Waals surface area contributed by atoms with Crippen LogP contribution < -0.4 is 0 Å². The van der Waals surface area contributed by atoms with Crippen LogP contribution >= 0.6 is 38.8 Å². The zero-order valence-electron chi connectivity index (χ0n) is 17.3. The molecule has 0 spiro atoms. The summed E-state index contributed by atoms with van der Waals surface area (Å²) in [6.07, 6.45) is -0.577. The molecule has 0 saturated heterocycles. The molecule has 0 saturated carbocycles. The van der Waals surface area contributed by atoms with Crippen molar-refractivity contribution in [3.63, 3.8) is 0 Å². The first-order valence-electron chi connectivity index (χ1n) is 9.25. The first kappa shape index (κ1) is 26.6. The van der Waals surface area contributed by atoms with Gasteiger partial charge in [0.1, 0.15) is 12.6 Å². The van der Waals surface area contributed by atoms with Gasteiger partial charge in [0, 0.05) is 10.5 Å². The number of hydrogen-bond donors (Lipinski definition) is 1. The fraction of sp³-hybridized carbons (Fsp3) is 0.579. The molecule has 2 unspecified atom stereocenters. The van der Waals surface area contributed by atoms with Crippen molar-refractivity contribution in [1.82, 2.24) is 4.90 Å². The topological polar surface area (TPSA) is 66.8 Å². The van der Waals surface area contributed by atoms with Gasteiger partial charge in [-0.15, -0.1) is 34.4 Å². The third-order valence-electron chi connectivity index (χ3n) is 3.53. The molecule has 29 heavy (non-hydrogen) atoms. The largest absolute Gasteiger partial charge is 0.480 e. The average Bonchev–Trinajstić information content (AvgIpc) is 2.57. The molecular weight excluding hydrogens is 469 g/mol. The third kappa shape index (κ3) is 9.52. The van der Waals surface area contributed by atoms with Crippen LogP contribution in [0.4, 0.5) is 4.79 Å². The van der Waals surface area contributed by atoms with Crippen LogP contribution in [0, 0.1) is 0 Å². The lowest BCUT2D eigenvalue weighted by molar-refractivity contribution is -0.142. The summed E-state index contributed by atoms with van der Waals surface area (Å²) in [6.45, 7) is 9.79. The molecule has 0 bridgehead atoms. The minimum atomic E-state index is -2.20. The molecule has 1 aromatic rings. The van der Waals surface area contributed by atoms with Crippen molar-refractivity contribution >= 4 is 62.7 Å². The van der Waals surface area contributed by atoms with Crippen LogP contribution in [0.25, 0.3) is 0 Å². The predicted molar refractivity (Wildman–Crippen MR) is 130 cm³/mol. The van der Waals surface area contributed by atoms with E-state index in [2.05, 4.69) is 0 Å². The summed E-state index contributed by atoms with van der Waals surface area (Å²) in [5.41, 5.74) is 0.819. The smallest absolute Gasteiger partial charge is 0.411 e. The average molecular weight is 498 g/mol. The molecule has 0 aliphatic heterocycles. The van der Waals surface area contributed by atoms with Crippen LogP contribution in [0.1, 0.15) is 40.2 Å². The maximum atomic E-state index is 13.0. The van der Waals surface area contributed by atoms with E-state index >= 15 is 0 Å². The number of benzene rings is 1. The van der Waals surface area contributed by atoms with Crippen LogP contribution in [0.5, 0.6) is 0 Å². The summed E-state index contributed by atoms with van der Waals surface area (Å²) in [5, 5.41) is 9.45. The van der Waals surface area contributed by atoms with E-state index in [1.165, 1.54) is 4.90 Å². The molecule has 1 rings (SSSR count). The van der Waals surface area contributed by atoms with E-state index in [1.54, 1.807) is 29.7 Å². The molecule has 0 aliphatic carbocycles. The Morgan fingerprint density at radius 3 is 2.07 bits per heavy atom. The van der Waals surface area contributed by atoms with Crippen molar-refractivity contribution in [3.8, 4) is 0 Å². The van der Waals surface area contributed by atoms with E-state index in [0.717, 1.165) is 5.56 Å². The van der Waals surface area contributed by atoms with E-state index in [1.807, 2.05) is 58.0 Å². The molecule has 1 amide bonds. The Kier molecular flexibility index (Phi) is 11.4. The van der Waals surface area contributed by atoms with Gasteiger partial charge in [0.2, 0.25) is 0 Å².